The van der Waals surface area contributed by atoms with E-state index in [9.17, 15) is 4.79 Å². The minimum absolute atomic E-state index is 0.0464. The van der Waals surface area contributed by atoms with Gasteiger partial charge in [-0.2, -0.15) is 0 Å². The van der Waals surface area contributed by atoms with Crippen LogP contribution in [0.1, 0.15) is 15.2 Å². The summed E-state index contributed by atoms with van der Waals surface area (Å²) in [7, 11) is 0. The average Bonchev–Trinajstić information content (AvgIpc) is 3.10. The highest BCUT2D eigenvalue weighted by Gasteiger charge is 2.25. The highest BCUT2D eigenvalue weighted by atomic mass is 32.1. The van der Waals surface area contributed by atoms with Crippen LogP contribution in [0, 0.1) is 0 Å². The quantitative estimate of drug-likeness (QED) is 0.813. The minimum atomic E-state index is 0.0464. The standard InChI is InChI=1S/C14H12N2OS/c17-14(12-7-4-10-18-12)16-9-8-15-13(16)11-5-2-1-3-6-11/h1-7,10H,8-9H2. The molecule has 4 heteroatoms. The zero-order valence-electron chi connectivity index (χ0n) is 9.74. The Morgan fingerprint density at radius 2 is 2.00 bits per heavy atom. The van der Waals surface area contributed by atoms with Crippen LogP contribution in [-0.4, -0.2) is 29.7 Å². The number of nitrogens with zero attached hydrogens (tertiary/aromatic N) is 2. The Labute approximate surface area is 109 Å². The van der Waals surface area contributed by atoms with Gasteiger partial charge in [0.15, 0.2) is 0 Å². The molecule has 0 saturated heterocycles. The molecular weight excluding hydrogens is 244 g/mol. The lowest BCUT2D eigenvalue weighted by atomic mass is 10.2. The van der Waals surface area contributed by atoms with E-state index in [1.165, 1.54) is 11.3 Å². The molecule has 2 aromatic rings. The third-order valence-electron chi connectivity index (χ3n) is 2.85. The van der Waals surface area contributed by atoms with Crippen molar-refractivity contribution in [2.75, 3.05) is 13.1 Å². The Kier molecular flexibility index (Phi) is 2.94. The third-order valence-corrected chi connectivity index (χ3v) is 3.71. The third kappa shape index (κ3) is 1.95. The molecule has 1 aromatic carbocycles. The summed E-state index contributed by atoms with van der Waals surface area (Å²) in [6, 6.07) is 13.6. The molecule has 0 saturated carbocycles. The van der Waals surface area contributed by atoms with Crippen molar-refractivity contribution in [1.29, 1.82) is 0 Å². The van der Waals surface area contributed by atoms with Crippen LogP contribution in [0.15, 0.2) is 52.8 Å². The molecule has 0 fully saturated rings. The lowest BCUT2D eigenvalue weighted by Crippen LogP contribution is -2.34. The largest absolute Gasteiger partial charge is 0.290 e. The minimum Gasteiger partial charge on any atom is -0.290 e. The molecule has 0 radical (unpaired) electrons. The topological polar surface area (TPSA) is 32.7 Å². The van der Waals surface area contributed by atoms with Gasteiger partial charge < -0.3 is 0 Å². The molecule has 1 aliphatic rings. The van der Waals surface area contributed by atoms with Crippen LogP contribution in [0.3, 0.4) is 0 Å². The lowest BCUT2D eigenvalue weighted by Gasteiger charge is -2.17. The SMILES string of the molecule is O=C(c1cccs1)N1CCN=C1c1ccccc1. The number of amidine groups is 1. The number of rotatable bonds is 2. The van der Waals surface area contributed by atoms with E-state index >= 15 is 0 Å². The molecule has 3 rings (SSSR count). The molecule has 2 heterocycles. The summed E-state index contributed by atoms with van der Waals surface area (Å²) in [5.74, 6) is 0.833. The van der Waals surface area contributed by atoms with Crippen molar-refractivity contribution in [3.63, 3.8) is 0 Å². The molecular formula is C14H12N2OS. The van der Waals surface area contributed by atoms with E-state index in [4.69, 9.17) is 0 Å². The Hall–Kier alpha value is -1.94. The van der Waals surface area contributed by atoms with Crippen molar-refractivity contribution < 1.29 is 4.79 Å². The molecule has 0 atom stereocenters. The number of hydrogen-bond acceptors (Lipinski definition) is 3. The van der Waals surface area contributed by atoms with Crippen LogP contribution < -0.4 is 0 Å². The first-order valence-corrected chi connectivity index (χ1v) is 6.69. The molecule has 1 amide bonds. The Bertz CT molecular complexity index is 575. The number of aliphatic imine (C=N–C) groups is 1. The highest BCUT2D eigenvalue weighted by molar-refractivity contribution is 7.12. The van der Waals surface area contributed by atoms with Crippen molar-refractivity contribution in [2.24, 2.45) is 4.99 Å². The van der Waals surface area contributed by atoms with Crippen LogP contribution >= 0.6 is 11.3 Å². The molecule has 1 aromatic heterocycles. The van der Waals surface area contributed by atoms with Crippen molar-refractivity contribution >= 4 is 23.1 Å². The van der Waals surface area contributed by atoms with Gasteiger partial charge >= 0.3 is 0 Å². The number of carbonyl (C=O) groups is 1. The molecule has 0 unspecified atom stereocenters. The van der Waals surface area contributed by atoms with E-state index in [0.29, 0.717) is 13.1 Å². The number of amides is 1. The molecule has 0 N–H and O–H groups in total. The first-order valence-electron chi connectivity index (χ1n) is 5.81. The summed E-state index contributed by atoms with van der Waals surface area (Å²) in [6.45, 7) is 1.35. The molecule has 3 nitrogen and oxygen atoms in total. The van der Waals surface area contributed by atoms with Crippen molar-refractivity contribution in [3.8, 4) is 0 Å². The first kappa shape index (κ1) is 11.2. The van der Waals surface area contributed by atoms with Crippen LogP contribution in [0.2, 0.25) is 0 Å². The number of thiophene rings is 1. The van der Waals surface area contributed by atoms with E-state index < -0.39 is 0 Å². The fraction of sp³-hybridized carbons (Fsp3) is 0.143. The summed E-state index contributed by atoms with van der Waals surface area (Å²) < 4.78 is 0. The van der Waals surface area contributed by atoms with Crippen LogP contribution in [0.5, 0.6) is 0 Å². The second-order valence-electron chi connectivity index (χ2n) is 4.01. The highest BCUT2D eigenvalue weighted by Crippen LogP contribution is 2.17. The zero-order valence-corrected chi connectivity index (χ0v) is 10.6. The predicted octanol–water partition coefficient (Wildman–Crippen LogP) is 2.65. The monoisotopic (exact) mass is 256 g/mol. The normalized spacial score (nSPS) is 14.7. The Morgan fingerprint density at radius 3 is 2.72 bits per heavy atom. The lowest BCUT2D eigenvalue weighted by molar-refractivity contribution is 0.0863. The van der Waals surface area contributed by atoms with E-state index in [1.54, 1.807) is 4.90 Å². The summed E-state index contributed by atoms with van der Waals surface area (Å²) >= 11 is 1.47. The van der Waals surface area contributed by atoms with Gasteiger partial charge in [-0.1, -0.05) is 36.4 Å². The molecule has 18 heavy (non-hydrogen) atoms. The van der Waals surface area contributed by atoms with E-state index in [0.717, 1.165) is 16.3 Å². The molecule has 0 spiro atoms. The van der Waals surface area contributed by atoms with Gasteiger partial charge in [-0.3, -0.25) is 14.7 Å². The van der Waals surface area contributed by atoms with Gasteiger partial charge in [0.25, 0.3) is 5.91 Å². The van der Waals surface area contributed by atoms with E-state index in [-0.39, 0.29) is 5.91 Å². The van der Waals surface area contributed by atoms with Crippen LogP contribution in [-0.2, 0) is 0 Å². The van der Waals surface area contributed by atoms with Gasteiger partial charge in [0.1, 0.15) is 5.84 Å². The zero-order chi connectivity index (χ0) is 12.4. The molecule has 0 aliphatic carbocycles. The van der Waals surface area contributed by atoms with Gasteiger partial charge in [0.05, 0.1) is 11.4 Å². The van der Waals surface area contributed by atoms with E-state index in [2.05, 4.69) is 4.99 Å². The Balaban J connectivity index is 1.90. The Morgan fingerprint density at radius 1 is 1.17 bits per heavy atom. The number of carbonyl (C=O) groups excluding carboxylic acids is 1. The second-order valence-corrected chi connectivity index (χ2v) is 4.95. The smallest absolute Gasteiger partial charge is 0.269 e. The summed E-state index contributed by atoms with van der Waals surface area (Å²) in [5, 5.41) is 1.92. The van der Waals surface area contributed by atoms with Crippen molar-refractivity contribution in [3.05, 3.63) is 58.3 Å². The van der Waals surface area contributed by atoms with Gasteiger partial charge in [-0.15, -0.1) is 11.3 Å². The predicted molar refractivity (Wildman–Crippen MR) is 73.2 cm³/mol. The first-order chi connectivity index (χ1) is 8.86. The fourth-order valence-electron chi connectivity index (χ4n) is 2.01. The maximum atomic E-state index is 12.3. The average molecular weight is 256 g/mol. The summed E-state index contributed by atoms with van der Waals surface area (Å²) in [4.78, 5) is 19.3. The molecule has 0 bridgehead atoms. The van der Waals surface area contributed by atoms with Gasteiger partial charge in [-0.05, 0) is 11.4 Å². The van der Waals surface area contributed by atoms with E-state index in [1.807, 2.05) is 47.8 Å². The van der Waals surface area contributed by atoms with Crippen molar-refractivity contribution in [1.82, 2.24) is 4.90 Å². The molecule has 90 valence electrons. The van der Waals surface area contributed by atoms with Gasteiger partial charge in [-0.25, -0.2) is 0 Å². The van der Waals surface area contributed by atoms with Crippen LogP contribution in [0.4, 0.5) is 0 Å². The summed E-state index contributed by atoms with van der Waals surface area (Å²) in [6.07, 6.45) is 0. The van der Waals surface area contributed by atoms with Gasteiger partial charge in [0.2, 0.25) is 0 Å². The number of benzene rings is 1. The second kappa shape index (κ2) is 4.74. The fourth-order valence-corrected chi connectivity index (χ4v) is 2.68. The van der Waals surface area contributed by atoms with Crippen LogP contribution in [0.25, 0.3) is 0 Å². The molecule has 1 aliphatic heterocycles. The van der Waals surface area contributed by atoms with Gasteiger partial charge in [0, 0.05) is 12.1 Å². The maximum Gasteiger partial charge on any atom is 0.269 e. The van der Waals surface area contributed by atoms with Crippen molar-refractivity contribution in [2.45, 2.75) is 0 Å². The summed E-state index contributed by atoms with van der Waals surface area (Å²) in [5.41, 5.74) is 1.000. The maximum absolute atomic E-state index is 12.3. The number of hydrogen-bond donors (Lipinski definition) is 0.